The van der Waals surface area contributed by atoms with E-state index in [1.165, 1.54) is 7.11 Å². The number of nitrogens with zero attached hydrogens (tertiary/aromatic N) is 3. The van der Waals surface area contributed by atoms with E-state index < -0.39 is 0 Å². The molecule has 1 amide bonds. The Labute approximate surface area is 251 Å². The summed E-state index contributed by atoms with van der Waals surface area (Å²) in [6.07, 6.45) is 3.54. The van der Waals surface area contributed by atoms with Gasteiger partial charge in [0, 0.05) is 30.7 Å². The van der Waals surface area contributed by atoms with Crippen LogP contribution in [0, 0.1) is 0 Å². The number of aliphatic hydroxyl groups excluding tert-OH is 1. The van der Waals surface area contributed by atoms with Crippen LogP contribution in [-0.2, 0) is 22.5 Å². The lowest BCUT2D eigenvalue weighted by atomic mass is 9.96. The van der Waals surface area contributed by atoms with Crippen molar-refractivity contribution in [1.82, 2.24) is 14.9 Å². The molecule has 10 heteroatoms. The molecule has 4 rings (SSSR count). The summed E-state index contributed by atoms with van der Waals surface area (Å²) in [6.45, 7) is 2.17. The van der Waals surface area contributed by atoms with Crippen LogP contribution in [0.25, 0.3) is 16.8 Å². The van der Waals surface area contributed by atoms with Crippen LogP contribution < -0.4 is 20.9 Å². The number of carbonyl (C=O) groups excluding carboxylic acids is 1. The van der Waals surface area contributed by atoms with Crippen molar-refractivity contribution in [3.8, 4) is 22.6 Å². The fraction of sp³-hybridized carbons (Fsp3) is 0.273. The Morgan fingerprint density at radius 2 is 1.88 bits per heavy atom. The van der Waals surface area contributed by atoms with Crippen LogP contribution in [-0.4, -0.2) is 54.3 Å². The molecule has 0 aliphatic carbocycles. The van der Waals surface area contributed by atoms with Crippen LogP contribution in [0.4, 0.5) is 5.95 Å². The lowest BCUT2D eigenvalue weighted by Crippen LogP contribution is -2.28. The van der Waals surface area contributed by atoms with E-state index >= 15 is 0 Å². The molecule has 0 bridgehead atoms. The number of ether oxygens (including phenoxy) is 1. The molecule has 4 aromatic rings. The first-order valence-corrected chi connectivity index (χ1v) is 14.2. The van der Waals surface area contributed by atoms with Crippen LogP contribution in [0.5, 0.6) is 5.75 Å². The first-order chi connectivity index (χ1) is 21.0. The lowest BCUT2D eigenvalue weighted by Gasteiger charge is -2.18. The number of hydrogen-bond acceptors (Lipinski definition) is 8. The number of aromatic nitrogens is 2. The number of aryl methyl sites for hydroxylation is 1. The predicted molar refractivity (Wildman–Crippen MR) is 168 cm³/mol. The molecular formula is C33H37N5O5. The van der Waals surface area contributed by atoms with E-state index in [9.17, 15) is 9.59 Å². The van der Waals surface area contributed by atoms with Crippen molar-refractivity contribution < 1.29 is 19.5 Å². The van der Waals surface area contributed by atoms with Crippen molar-refractivity contribution in [2.24, 2.45) is 5.16 Å². The molecule has 0 fully saturated rings. The first kappa shape index (κ1) is 31.0. The second-order valence-corrected chi connectivity index (χ2v) is 9.73. The number of oxime groups is 1. The van der Waals surface area contributed by atoms with Crippen molar-refractivity contribution in [1.29, 1.82) is 0 Å². The highest BCUT2D eigenvalue weighted by molar-refractivity contribution is 6.08. The molecule has 43 heavy (non-hydrogen) atoms. The maximum absolute atomic E-state index is 14.1. The molecule has 3 aromatic carbocycles. The summed E-state index contributed by atoms with van der Waals surface area (Å²) in [5.41, 5.74) is 5.33. The predicted octanol–water partition coefficient (Wildman–Crippen LogP) is 4.30. The van der Waals surface area contributed by atoms with E-state index in [1.54, 1.807) is 23.7 Å². The second kappa shape index (κ2) is 15.3. The summed E-state index contributed by atoms with van der Waals surface area (Å²) < 4.78 is 7.16. The molecule has 0 spiro atoms. The fourth-order valence-corrected chi connectivity index (χ4v) is 4.86. The zero-order valence-electron chi connectivity index (χ0n) is 24.7. The highest BCUT2D eigenvalue weighted by atomic mass is 16.6. The molecule has 224 valence electrons. The van der Waals surface area contributed by atoms with E-state index in [0.717, 1.165) is 35.2 Å². The summed E-state index contributed by atoms with van der Waals surface area (Å²) in [4.78, 5) is 35.1. The molecule has 1 heterocycles. The molecule has 0 aliphatic heterocycles. The number of hydrogen-bond donors (Lipinski definition) is 3. The third kappa shape index (κ3) is 7.47. The van der Waals surface area contributed by atoms with Crippen molar-refractivity contribution in [3.05, 3.63) is 106 Å². The van der Waals surface area contributed by atoms with Crippen molar-refractivity contribution >= 4 is 18.2 Å². The van der Waals surface area contributed by atoms with Crippen molar-refractivity contribution in [2.75, 3.05) is 32.7 Å². The fourth-order valence-electron chi connectivity index (χ4n) is 4.86. The molecule has 0 saturated carbocycles. The van der Waals surface area contributed by atoms with Gasteiger partial charge in [-0.15, -0.1) is 0 Å². The first-order valence-electron chi connectivity index (χ1n) is 14.2. The van der Waals surface area contributed by atoms with Gasteiger partial charge in [0.2, 0.25) is 12.4 Å². The molecule has 0 atom stereocenters. The molecule has 3 N–H and O–H groups in total. The molecule has 1 aromatic heterocycles. The third-order valence-corrected chi connectivity index (χ3v) is 6.90. The average Bonchev–Trinajstić information content (AvgIpc) is 3.04. The third-order valence-electron chi connectivity index (χ3n) is 6.90. The number of benzene rings is 3. The number of anilines is 1. The zero-order valence-corrected chi connectivity index (χ0v) is 24.7. The Morgan fingerprint density at radius 1 is 1.09 bits per heavy atom. The Kier molecular flexibility index (Phi) is 11.0. The number of rotatable bonds is 14. The van der Waals surface area contributed by atoms with Gasteiger partial charge in [-0.25, -0.2) is 9.55 Å². The standard InChI is InChI=1S/C33H37N5O5/c1-4-5-13-30-29(32(41)38(33(34-2)36-30)25-9-8-10-26(21-25)43-19-18-39)20-23-14-16-24(17-15-23)27-11-6-7-12-28(27)31(35-22-40)37-42-3/h6-12,14-17,21-22,39H,4-5,13,18-20H2,1-3H3,(H,34,36)(H,35,37,40). The minimum absolute atomic E-state index is 0.105. The average molecular weight is 584 g/mol. The van der Waals surface area contributed by atoms with Crippen LogP contribution in [0.1, 0.15) is 42.1 Å². The number of amidine groups is 1. The van der Waals surface area contributed by atoms with E-state index in [2.05, 4.69) is 22.7 Å². The lowest BCUT2D eigenvalue weighted by molar-refractivity contribution is -0.108. The number of amides is 1. The zero-order chi connectivity index (χ0) is 30.6. The maximum Gasteiger partial charge on any atom is 0.263 e. The van der Waals surface area contributed by atoms with Crippen molar-refractivity contribution in [2.45, 2.75) is 32.6 Å². The Balaban J connectivity index is 1.74. The van der Waals surface area contributed by atoms with Crippen LogP contribution in [0.15, 0.2) is 82.7 Å². The highest BCUT2D eigenvalue weighted by Gasteiger charge is 2.19. The van der Waals surface area contributed by atoms with Gasteiger partial charge in [-0.1, -0.05) is 73.1 Å². The van der Waals surface area contributed by atoms with Gasteiger partial charge < -0.3 is 25.3 Å². The Bertz CT molecular complexity index is 1620. The minimum atomic E-state index is -0.153. The van der Waals surface area contributed by atoms with Crippen LogP contribution in [0.3, 0.4) is 0 Å². The molecule has 0 radical (unpaired) electrons. The van der Waals surface area contributed by atoms with Crippen LogP contribution >= 0.6 is 0 Å². The topological polar surface area (TPSA) is 127 Å². The van der Waals surface area contributed by atoms with E-state index in [4.69, 9.17) is 19.7 Å². The van der Waals surface area contributed by atoms with Crippen LogP contribution in [0.2, 0.25) is 0 Å². The normalized spacial score (nSPS) is 11.2. The number of aliphatic hydroxyl groups is 1. The molecule has 10 nitrogen and oxygen atoms in total. The minimum Gasteiger partial charge on any atom is -0.491 e. The monoisotopic (exact) mass is 583 g/mol. The molecular weight excluding hydrogens is 546 g/mol. The summed E-state index contributed by atoms with van der Waals surface area (Å²) in [5, 5.41) is 18.8. The van der Waals surface area contributed by atoms with Gasteiger partial charge in [-0.05, 0) is 41.7 Å². The van der Waals surface area contributed by atoms with E-state index in [1.807, 2.05) is 60.7 Å². The maximum atomic E-state index is 14.1. The molecule has 0 aliphatic rings. The van der Waals surface area contributed by atoms with Gasteiger partial charge in [0.1, 0.15) is 19.5 Å². The number of nitrogens with one attached hydrogen (secondary N) is 2. The van der Waals surface area contributed by atoms with Gasteiger partial charge >= 0.3 is 0 Å². The van der Waals surface area contributed by atoms with Gasteiger partial charge in [-0.3, -0.25) is 9.59 Å². The number of unbranched alkanes of at least 4 members (excludes halogenated alkanes) is 1. The smallest absolute Gasteiger partial charge is 0.263 e. The highest BCUT2D eigenvalue weighted by Crippen LogP contribution is 2.26. The van der Waals surface area contributed by atoms with Gasteiger partial charge in [0.15, 0.2) is 5.84 Å². The van der Waals surface area contributed by atoms with Gasteiger partial charge in [0.05, 0.1) is 18.0 Å². The number of carbonyl (C=O) groups is 1. The van der Waals surface area contributed by atoms with Gasteiger partial charge in [0.25, 0.3) is 5.56 Å². The second-order valence-electron chi connectivity index (χ2n) is 9.73. The van der Waals surface area contributed by atoms with Gasteiger partial charge in [-0.2, -0.15) is 0 Å². The Hall–Kier alpha value is -4.96. The largest absolute Gasteiger partial charge is 0.491 e. The summed E-state index contributed by atoms with van der Waals surface area (Å²) in [7, 11) is 3.17. The van der Waals surface area contributed by atoms with E-state index in [0.29, 0.717) is 53.6 Å². The Morgan fingerprint density at radius 3 is 2.58 bits per heavy atom. The molecule has 0 unspecified atom stereocenters. The summed E-state index contributed by atoms with van der Waals surface area (Å²) >= 11 is 0. The van der Waals surface area contributed by atoms with E-state index in [-0.39, 0.29) is 18.8 Å². The summed E-state index contributed by atoms with van der Waals surface area (Å²) in [6, 6.07) is 22.7. The van der Waals surface area contributed by atoms with Crippen molar-refractivity contribution in [3.63, 3.8) is 0 Å². The quantitative estimate of drug-likeness (QED) is 0.0874. The summed E-state index contributed by atoms with van der Waals surface area (Å²) in [5.74, 6) is 1.30. The molecule has 0 saturated heterocycles. The SMILES string of the molecule is CCCCc1nc(NC)n(-c2cccc(OCCO)c2)c(=O)c1Cc1ccc(-c2ccccc2/C(=N/OC)NC=O)cc1.